The Bertz CT molecular complexity index is 486. The summed E-state index contributed by atoms with van der Waals surface area (Å²) in [5, 5.41) is 20.9. The van der Waals surface area contributed by atoms with E-state index in [9.17, 15) is 15.2 Å². The molecule has 1 aliphatic carbocycles. The predicted octanol–water partition coefficient (Wildman–Crippen LogP) is 3.17. The van der Waals surface area contributed by atoms with Crippen LogP contribution in [-0.2, 0) is 0 Å². The van der Waals surface area contributed by atoms with Crippen molar-refractivity contribution >= 4 is 5.69 Å². The number of nitro groups is 1. The van der Waals surface area contributed by atoms with Crippen molar-refractivity contribution in [3.8, 4) is 0 Å². The molecule has 0 saturated heterocycles. The highest BCUT2D eigenvalue weighted by molar-refractivity contribution is 5.44. The van der Waals surface area contributed by atoms with E-state index in [2.05, 4.69) is 13.8 Å². The largest absolute Gasteiger partial charge is 0.393 e. The van der Waals surface area contributed by atoms with Crippen LogP contribution in [0.25, 0.3) is 0 Å². The molecular weight excluding hydrogens is 230 g/mol. The second-order valence-corrected chi connectivity index (χ2v) is 5.47. The highest BCUT2D eigenvalue weighted by Crippen LogP contribution is 2.55. The third kappa shape index (κ3) is 1.81. The molecule has 1 aliphatic rings. The second-order valence-electron chi connectivity index (χ2n) is 5.47. The summed E-state index contributed by atoms with van der Waals surface area (Å²) in [5.41, 5.74) is 1.68. The summed E-state index contributed by atoms with van der Waals surface area (Å²) in [6.07, 6.45) is 1.28. The summed E-state index contributed by atoms with van der Waals surface area (Å²) < 4.78 is 0. The number of hydrogen-bond donors (Lipinski definition) is 1. The normalized spacial score (nSPS) is 30.9. The molecule has 18 heavy (non-hydrogen) atoms. The van der Waals surface area contributed by atoms with E-state index >= 15 is 0 Å². The van der Waals surface area contributed by atoms with Gasteiger partial charge >= 0.3 is 0 Å². The van der Waals surface area contributed by atoms with E-state index in [1.165, 1.54) is 0 Å². The molecule has 1 fully saturated rings. The van der Waals surface area contributed by atoms with E-state index in [4.69, 9.17) is 0 Å². The fourth-order valence-electron chi connectivity index (χ4n) is 2.87. The van der Waals surface area contributed by atoms with Crippen molar-refractivity contribution in [2.24, 2.45) is 5.41 Å². The Morgan fingerprint density at radius 1 is 1.56 bits per heavy atom. The standard InChI is InChI=1S/C14H19NO3/c1-4-14(3)11(8-13(14)16)10-6-5-9(2)12(7-10)15(17)18/h5-7,11,13,16H,4,8H2,1-3H3. The first-order valence-electron chi connectivity index (χ1n) is 6.33. The molecule has 4 heteroatoms. The third-order valence-corrected chi connectivity index (χ3v) is 4.61. The third-order valence-electron chi connectivity index (χ3n) is 4.61. The molecule has 0 radical (unpaired) electrons. The van der Waals surface area contributed by atoms with Crippen LogP contribution in [0.5, 0.6) is 0 Å². The lowest BCUT2D eigenvalue weighted by Gasteiger charge is -2.51. The van der Waals surface area contributed by atoms with E-state index < -0.39 is 0 Å². The maximum Gasteiger partial charge on any atom is 0.272 e. The number of aliphatic hydroxyl groups is 1. The zero-order chi connectivity index (χ0) is 13.5. The zero-order valence-corrected chi connectivity index (χ0v) is 11.0. The Kier molecular flexibility index (Phi) is 3.15. The fraction of sp³-hybridized carbons (Fsp3) is 0.571. The minimum absolute atomic E-state index is 0.150. The van der Waals surface area contributed by atoms with Gasteiger partial charge in [-0.1, -0.05) is 26.0 Å². The van der Waals surface area contributed by atoms with Crippen molar-refractivity contribution in [2.75, 3.05) is 0 Å². The number of benzene rings is 1. The van der Waals surface area contributed by atoms with Gasteiger partial charge in [-0.3, -0.25) is 10.1 Å². The van der Waals surface area contributed by atoms with Crippen LogP contribution < -0.4 is 0 Å². The average Bonchev–Trinajstić information content (AvgIpc) is 2.35. The lowest BCUT2D eigenvalue weighted by Crippen LogP contribution is -2.49. The average molecular weight is 249 g/mol. The fourth-order valence-corrected chi connectivity index (χ4v) is 2.87. The van der Waals surface area contributed by atoms with Crippen LogP contribution in [0.3, 0.4) is 0 Å². The molecule has 1 N–H and O–H groups in total. The van der Waals surface area contributed by atoms with Gasteiger partial charge < -0.3 is 5.11 Å². The van der Waals surface area contributed by atoms with Crippen LogP contribution >= 0.6 is 0 Å². The molecule has 0 heterocycles. The summed E-state index contributed by atoms with van der Waals surface area (Å²) in [4.78, 5) is 10.6. The van der Waals surface area contributed by atoms with Crippen molar-refractivity contribution in [1.29, 1.82) is 0 Å². The lowest BCUT2D eigenvalue weighted by molar-refractivity contribution is -0.385. The van der Waals surface area contributed by atoms with Gasteiger partial charge in [0.05, 0.1) is 11.0 Å². The maximum atomic E-state index is 11.0. The van der Waals surface area contributed by atoms with Crippen LogP contribution in [-0.4, -0.2) is 16.1 Å². The van der Waals surface area contributed by atoms with Gasteiger partial charge in [0.15, 0.2) is 0 Å². The Morgan fingerprint density at radius 2 is 2.22 bits per heavy atom. The van der Waals surface area contributed by atoms with Crippen LogP contribution in [0.2, 0.25) is 0 Å². The monoisotopic (exact) mass is 249 g/mol. The van der Waals surface area contributed by atoms with Gasteiger partial charge in [-0.15, -0.1) is 0 Å². The second kappa shape index (κ2) is 4.35. The minimum atomic E-state index is -0.336. The molecule has 1 aromatic carbocycles. The highest BCUT2D eigenvalue weighted by Gasteiger charge is 2.50. The van der Waals surface area contributed by atoms with Crippen LogP contribution in [0.15, 0.2) is 18.2 Å². The summed E-state index contributed by atoms with van der Waals surface area (Å²) in [6.45, 7) is 5.85. The first kappa shape index (κ1) is 13.0. The molecule has 1 saturated carbocycles. The highest BCUT2D eigenvalue weighted by atomic mass is 16.6. The van der Waals surface area contributed by atoms with E-state index in [0.29, 0.717) is 12.0 Å². The number of aliphatic hydroxyl groups excluding tert-OH is 1. The number of aryl methyl sites for hydroxylation is 1. The smallest absolute Gasteiger partial charge is 0.272 e. The molecule has 0 bridgehead atoms. The number of hydrogen-bond acceptors (Lipinski definition) is 3. The Balaban J connectivity index is 2.36. The molecular formula is C14H19NO3. The first-order chi connectivity index (χ1) is 8.40. The molecule has 1 aromatic rings. The summed E-state index contributed by atoms with van der Waals surface area (Å²) in [6, 6.07) is 5.42. The molecule has 4 nitrogen and oxygen atoms in total. The van der Waals surface area contributed by atoms with Crippen molar-refractivity contribution in [3.63, 3.8) is 0 Å². The zero-order valence-electron chi connectivity index (χ0n) is 11.0. The van der Waals surface area contributed by atoms with Gasteiger partial charge in [0.25, 0.3) is 5.69 Å². The number of nitro benzene ring substituents is 1. The van der Waals surface area contributed by atoms with Crippen molar-refractivity contribution < 1.29 is 10.0 Å². The summed E-state index contributed by atoms with van der Waals surface area (Å²) in [7, 11) is 0. The molecule has 0 spiro atoms. The maximum absolute atomic E-state index is 11.0. The lowest BCUT2D eigenvalue weighted by atomic mass is 9.55. The van der Waals surface area contributed by atoms with Crippen LogP contribution in [0.1, 0.15) is 43.7 Å². The number of nitrogens with zero attached hydrogens (tertiary/aromatic N) is 1. The van der Waals surface area contributed by atoms with E-state index in [0.717, 1.165) is 12.0 Å². The molecule has 0 aliphatic heterocycles. The number of rotatable bonds is 3. The van der Waals surface area contributed by atoms with Crippen molar-refractivity contribution in [2.45, 2.75) is 45.6 Å². The Morgan fingerprint density at radius 3 is 2.72 bits per heavy atom. The van der Waals surface area contributed by atoms with Crippen molar-refractivity contribution in [3.05, 3.63) is 39.4 Å². The first-order valence-corrected chi connectivity index (χ1v) is 6.33. The van der Waals surface area contributed by atoms with Crippen molar-refractivity contribution in [1.82, 2.24) is 0 Å². The minimum Gasteiger partial charge on any atom is -0.393 e. The molecule has 3 atom stereocenters. The van der Waals surface area contributed by atoms with Gasteiger partial charge in [0, 0.05) is 17.0 Å². The van der Waals surface area contributed by atoms with Gasteiger partial charge in [-0.05, 0) is 31.2 Å². The van der Waals surface area contributed by atoms with Crippen LogP contribution in [0.4, 0.5) is 5.69 Å². The quantitative estimate of drug-likeness (QED) is 0.661. The Labute approximate surface area is 107 Å². The van der Waals surface area contributed by atoms with Crippen LogP contribution in [0, 0.1) is 22.5 Å². The van der Waals surface area contributed by atoms with Gasteiger partial charge in [-0.2, -0.15) is 0 Å². The molecule has 0 aromatic heterocycles. The molecule has 3 unspecified atom stereocenters. The van der Waals surface area contributed by atoms with Gasteiger partial charge in [0.2, 0.25) is 0 Å². The molecule has 98 valence electrons. The van der Waals surface area contributed by atoms with E-state index in [1.54, 1.807) is 19.1 Å². The Hall–Kier alpha value is -1.42. The predicted molar refractivity (Wildman–Crippen MR) is 69.6 cm³/mol. The SMILES string of the molecule is CCC1(C)C(O)CC1c1ccc(C)c([N+](=O)[O-])c1. The topological polar surface area (TPSA) is 63.4 Å². The van der Waals surface area contributed by atoms with E-state index in [-0.39, 0.29) is 28.0 Å². The van der Waals surface area contributed by atoms with E-state index in [1.807, 2.05) is 6.07 Å². The summed E-state index contributed by atoms with van der Waals surface area (Å²) >= 11 is 0. The van der Waals surface area contributed by atoms with Gasteiger partial charge in [-0.25, -0.2) is 0 Å². The summed E-state index contributed by atoms with van der Waals surface area (Å²) in [5.74, 6) is 0.219. The van der Waals surface area contributed by atoms with Gasteiger partial charge in [0.1, 0.15) is 0 Å². The molecule has 2 rings (SSSR count). The molecule has 0 amide bonds.